The maximum absolute atomic E-state index is 13.6. The zero-order chi connectivity index (χ0) is 30.1. The van der Waals surface area contributed by atoms with E-state index in [0.29, 0.717) is 30.8 Å². The number of halogens is 4. The van der Waals surface area contributed by atoms with E-state index in [-0.39, 0.29) is 28.2 Å². The second-order valence-corrected chi connectivity index (χ2v) is 13.9. The van der Waals surface area contributed by atoms with Crippen LogP contribution in [-0.2, 0) is 34.5 Å². The lowest BCUT2D eigenvalue weighted by atomic mass is 9.85. The van der Waals surface area contributed by atoms with Crippen LogP contribution in [0.4, 0.5) is 23.2 Å². The summed E-state index contributed by atoms with van der Waals surface area (Å²) in [5, 5.41) is 6.37. The van der Waals surface area contributed by atoms with E-state index in [9.17, 15) is 30.8 Å². The Hall–Kier alpha value is -2.97. The predicted octanol–water partition coefficient (Wildman–Crippen LogP) is 5.10. The van der Waals surface area contributed by atoms with Crippen LogP contribution in [0.25, 0.3) is 10.6 Å². The third-order valence-electron chi connectivity index (χ3n) is 7.89. The summed E-state index contributed by atoms with van der Waals surface area (Å²) in [7, 11) is -2.79. The summed E-state index contributed by atoms with van der Waals surface area (Å²) in [4.78, 5) is 15.7. The van der Waals surface area contributed by atoms with Crippen molar-refractivity contribution < 1.29 is 30.8 Å². The Morgan fingerprint density at radius 1 is 1.14 bits per heavy atom. The lowest BCUT2D eigenvalue weighted by Crippen LogP contribution is -2.49. The van der Waals surface area contributed by atoms with Gasteiger partial charge in [0.05, 0.1) is 10.6 Å². The normalized spacial score (nSPS) is 16.9. The van der Waals surface area contributed by atoms with Gasteiger partial charge in [0.25, 0.3) is 10.0 Å². The van der Waals surface area contributed by atoms with Crippen LogP contribution in [0.1, 0.15) is 49.8 Å². The number of hydrogen-bond acceptors (Lipinski definition) is 6. The number of benzene rings is 1. The molecule has 14 heteroatoms. The van der Waals surface area contributed by atoms with E-state index in [0.717, 1.165) is 65.4 Å². The topological polar surface area (TPSA) is 96.3 Å². The van der Waals surface area contributed by atoms with Crippen molar-refractivity contribution in [1.82, 2.24) is 19.8 Å². The Labute approximate surface area is 246 Å². The molecule has 1 amide bonds. The summed E-state index contributed by atoms with van der Waals surface area (Å²) in [6.07, 6.45) is 1.44. The predicted molar refractivity (Wildman–Crippen MR) is 152 cm³/mol. The van der Waals surface area contributed by atoms with E-state index in [2.05, 4.69) is 20.0 Å². The molecule has 1 aliphatic carbocycles. The van der Waals surface area contributed by atoms with Gasteiger partial charge in [0.2, 0.25) is 5.91 Å². The first-order valence-corrected chi connectivity index (χ1v) is 16.3. The summed E-state index contributed by atoms with van der Waals surface area (Å²) < 4.78 is 83.3. The SMILES string of the molecule is Cn1nc(C(F)(F)F)cc1-c1ccc(S(=O)(=O)NC(CC2CCCCC2)C(=O)NCCN2CCc3cc(F)ccc32)s1. The summed E-state index contributed by atoms with van der Waals surface area (Å²) in [6.45, 7) is 1.48. The van der Waals surface area contributed by atoms with Crippen LogP contribution < -0.4 is 14.9 Å². The number of alkyl halides is 3. The van der Waals surface area contributed by atoms with E-state index in [1.54, 1.807) is 6.07 Å². The number of fused-ring (bicyclic) bond motifs is 1. The van der Waals surface area contributed by atoms with Crippen LogP contribution in [0, 0.1) is 11.7 Å². The van der Waals surface area contributed by atoms with E-state index in [4.69, 9.17) is 0 Å². The van der Waals surface area contributed by atoms with Gasteiger partial charge in [0.15, 0.2) is 5.69 Å². The molecule has 2 aromatic heterocycles. The van der Waals surface area contributed by atoms with E-state index in [1.807, 2.05) is 0 Å². The van der Waals surface area contributed by atoms with E-state index < -0.39 is 33.8 Å². The zero-order valence-electron chi connectivity index (χ0n) is 23.1. The number of nitrogens with one attached hydrogen (secondary N) is 2. The first-order chi connectivity index (χ1) is 19.9. The molecule has 3 aromatic rings. The summed E-state index contributed by atoms with van der Waals surface area (Å²) in [6, 6.07) is 7.29. The molecule has 1 aliphatic heterocycles. The molecule has 3 heterocycles. The molecule has 1 unspecified atom stereocenters. The highest BCUT2D eigenvalue weighted by Gasteiger charge is 2.35. The van der Waals surface area contributed by atoms with E-state index >= 15 is 0 Å². The molecule has 1 fully saturated rings. The standard InChI is InChI=1S/C28H33F4N5O3S2/c1-36-23(17-25(34-36)28(30,31)32)24-9-10-26(41-24)42(39,40)35-21(15-18-5-3-2-4-6-18)27(38)33-12-14-37-13-11-19-16-20(29)7-8-22(19)37/h7-10,16-18,21,35H,2-6,11-15H2,1H3,(H,33,38). The molecule has 0 radical (unpaired) electrons. The van der Waals surface area contributed by atoms with Crippen molar-refractivity contribution in [2.75, 3.05) is 24.5 Å². The highest BCUT2D eigenvalue weighted by molar-refractivity contribution is 7.91. The monoisotopic (exact) mass is 627 g/mol. The van der Waals surface area contributed by atoms with Gasteiger partial charge in [-0.2, -0.15) is 23.0 Å². The van der Waals surface area contributed by atoms with Gasteiger partial charge in [-0.25, -0.2) is 12.8 Å². The average Bonchev–Trinajstić information content (AvgIpc) is 3.67. The Balaban J connectivity index is 1.27. The van der Waals surface area contributed by atoms with Crippen molar-refractivity contribution in [1.29, 1.82) is 0 Å². The minimum absolute atomic E-state index is 0.102. The number of carbonyl (C=O) groups is 1. The molecular weight excluding hydrogens is 594 g/mol. The molecule has 228 valence electrons. The largest absolute Gasteiger partial charge is 0.435 e. The number of aromatic nitrogens is 2. The van der Waals surface area contributed by atoms with Crippen molar-refractivity contribution >= 4 is 33.0 Å². The fourth-order valence-corrected chi connectivity index (χ4v) is 8.34. The van der Waals surface area contributed by atoms with Crippen LogP contribution in [-0.4, -0.2) is 49.8 Å². The number of rotatable bonds is 10. The molecule has 2 N–H and O–H groups in total. The molecule has 0 saturated heterocycles. The second-order valence-electron chi connectivity index (χ2n) is 10.9. The van der Waals surface area contributed by atoms with E-state index in [1.165, 1.54) is 31.3 Å². The van der Waals surface area contributed by atoms with Crippen molar-refractivity contribution in [3.05, 3.63) is 53.5 Å². The molecular formula is C28H33F4N5O3S2. The number of nitrogens with zero attached hydrogens (tertiary/aromatic N) is 3. The second kappa shape index (κ2) is 12.3. The first-order valence-electron chi connectivity index (χ1n) is 14.0. The number of aryl methyl sites for hydroxylation is 1. The van der Waals surface area contributed by atoms with Crippen LogP contribution in [0.15, 0.2) is 40.6 Å². The molecule has 0 bridgehead atoms. The molecule has 1 saturated carbocycles. The number of hydrogen-bond donors (Lipinski definition) is 2. The maximum Gasteiger partial charge on any atom is 0.435 e. The number of sulfonamides is 1. The fraction of sp³-hybridized carbons (Fsp3) is 0.500. The average molecular weight is 628 g/mol. The molecule has 2 aliphatic rings. The van der Waals surface area contributed by atoms with Crippen LogP contribution in [0.3, 0.4) is 0 Å². The number of thiophene rings is 1. The molecule has 0 spiro atoms. The minimum atomic E-state index is -4.63. The first kappa shape index (κ1) is 30.5. The summed E-state index contributed by atoms with van der Waals surface area (Å²) in [5.41, 5.74) is 0.913. The quantitative estimate of drug-likeness (QED) is 0.305. The molecule has 1 aromatic carbocycles. The number of carbonyl (C=O) groups excluding carboxylic acids is 1. The highest BCUT2D eigenvalue weighted by Crippen LogP contribution is 2.36. The van der Waals surface area contributed by atoms with Gasteiger partial charge >= 0.3 is 6.18 Å². The van der Waals surface area contributed by atoms with Crippen LogP contribution >= 0.6 is 11.3 Å². The van der Waals surface area contributed by atoms with Gasteiger partial charge < -0.3 is 10.2 Å². The fourth-order valence-electron chi connectivity index (χ4n) is 5.76. The Morgan fingerprint density at radius 3 is 2.62 bits per heavy atom. The van der Waals surface area contributed by atoms with Gasteiger partial charge in [-0.15, -0.1) is 11.3 Å². The van der Waals surface area contributed by atoms with Gasteiger partial charge in [-0.1, -0.05) is 32.1 Å². The Morgan fingerprint density at radius 2 is 1.90 bits per heavy atom. The lowest BCUT2D eigenvalue weighted by Gasteiger charge is -2.27. The Kier molecular flexibility index (Phi) is 8.95. The summed E-state index contributed by atoms with van der Waals surface area (Å²) >= 11 is 0.816. The van der Waals surface area contributed by atoms with Crippen molar-refractivity contribution in [3.8, 4) is 10.6 Å². The molecule has 8 nitrogen and oxygen atoms in total. The van der Waals surface area contributed by atoms with Crippen molar-refractivity contribution in [2.24, 2.45) is 13.0 Å². The third kappa shape index (κ3) is 6.97. The van der Waals surface area contributed by atoms with Crippen molar-refractivity contribution in [3.63, 3.8) is 0 Å². The van der Waals surface area contributed by atoms with Gasteiger partial charge in [0, 0.05) is 32.4 Å². The maximum atomic E-state index is 13.6. The highest BCUT2D eigenvalue weighted by atomic mass is 32.2. The van der Waals surface area contributed by atoms with Gasteiger partial charge in [-0.3, -0.25) is 9.48 Å². The number of anilines is 1. The van der Waals surface area contributed by atoms with Gasteiger partial charge in [0.1, 0.15) is 16.1 Å². The molecule has 42 heavy (non-hydrogen) atoms. The lowest BCUT2D eigenvalue weighted by molar-refractivity contribution is -0.141. The summed E-state index contributed by atoms with van der Waals surface area (Å²) in [5.74, 6) is -0.515. The Bertz CT molecular complexity index is 1530. The van der Waals surface area contributed by atoms with Crippen LogP contribution in [0.5, 0.6) is 0 Å². The number of amides is 1. The zero-order valence-corrected chi connectivity index (χ0v) is 24.7. The van der Waals surface area contributed by atoms with Crippen LogP contribution in [0.2, 0.25) is 0 Å². The minimum Gasteiger partial charge on any atom is -0.369 e. The van der Waals surface area contributed by atoms with Crippen molar-refractivity contribution in [2.45, 2.75) is 61.4 Å². The molecule has 1 atom stereocenters. The van der Waals surface area contributed by atoms with Gasteiger partial charge in [-0.05, 0) is 60.7 Å². The smallest absolute Gasteiger partial charge is 0.369 e. The third-order valence-corrected chi connectivity index (χ3v) is 11.0. The molecule has 5 rings (SSSR count).